The summed E-state index contributed by atoms with van der Waals surface area (Å²) in [6.07, 6.45) is 4.41. The van der Waals surface area contributed by atoms with Gasteiger partial charge in [0.1, 0.15) is 29.3 Å². The van der Waals surface area contributed by atoms with E-state index in [1.54, 1.807) is 32.9 Å². The molecule has 5 aliphatic rings. The molecule has 5 amide bonds. The van der Waals surface area contributed by atoms with Crippen LogP contribution in [0.15, 0.2) is 30.4 Å². The molecule has 5 atom stereocenters. The number of carbonyl (C=O) groups excluding carboxylic acids is 5. The summed E-state index contributed by atoms with van der Waals surface area (Å²) in [7, 11) is -4.25. The minimum absolute atomic E-state index is 0.0698. The van der Waals surface area contributed by atoms with Crippen molar-refractivity contribution in [3.8, 4) is 0 Å². The van der Waals surface area contributed by atoms with Gasteiger partial charge in [-0.15, -0.1) is 0 Å². The number of hydrogen-bond acceptors (Lipinski definition) is 10. The third-order valence-electron chi connectivity index (χ3n) is 10.3. The van der Waals surface area contributed by atoms with E-state index in [0.29, 0.717) is 24.4 Å². The molecule has 16 nitrogen and oxygen atoms in total. The molecule has 0 aromatic heterocycles. The Morgan fingerprint density at radius 2 is 1.80 bits per heavy atom. The van der Waals surface area contributed by atoms with Crippen molar-refractivity contribution in [2.75, 3.05) is 32.8 Å². The van der Waals surface area contributed by atoms with Crippen LogP contribution in [0.5, 0.6) is 0 Å². The zero-order chi connectivity index (χ0) is 38.8. The highest BCUT2D eigenvalue weighted by Gasteiger charge is 2.62. The van der Waals surface area contributed by atoms with Gasteiger partial charge in [0.05, 0.1) is 19.8 Å². The number of halogens is 1. The normalized spacial score (nSPS) is 28.7. The van der Waals surface area contributed by atoms with Crippen LogP contribution < -0.4 is 15.4 Å². The van der Waals surface area contributed by atoms with Gasteiger partial charge in [0.25, 0.3) is 5.91 Å². The fraction of sp³-hybridized carbons (Fsp3) is 0.639. The maximum atomic E-state index is 14.4. The third-order valence-corrected chi connectivity index (χ3v) is 12.0. The molecular formula is C36H49ClN6O10S. The number of fused-ring (bicyclic) bond motifs is 3. The maximum Gasteiger partial charge on any atom is 0.410 e. The highest BCUT2D eigenvalue weighted by atomic mass is 35.5. The SMILES string of the molecule is CC(C)(C)OC(=O)N[C@H]1CCCCC/C=C/[C@@H]2C[C@@]2(C(=O)NS(=O)(=O)N2CCOCC2)NC(=O)[C@@H]2C[C@@H](OC(=O)N3Cc4ccc(Cl)cc4C3)CN2C1=O. The third kappa shape index (κ3) is 9.29. The van der Waals surface area contributed by atoms with Gasteiger partial charge in [-0.25, -0.2) is 14.3 Å². The van der Waals surface area contributed by atoms with Crippen molar-refractivity contribution in [1.82, 2.24) is 29.5 Å². The van der Waals surface area contributed by atoms with Crippen LogP contribution in [0.4, 0.5) is 9.59 Å². The minimum Gasteiger partial charge on any atom is -0.444 e. The molecule has 1 saturated carbocycles. The molecule has 18 heteroatoms. The Bertz CT molecular complexity index is 1780. The first-order valence-corrected chi connectivity index (χ1v) is 20.3. The van der Waals surface area contributed by atoms with E-state index in [0.717, 1.165) is 28.3 Å². The summed E-state index contributed by atoms with van der Waals surface area (Å²) >= 11 is 6.16. The molecule has 0 unspecified atom stereocenters. The van der Waals surface area contributed by atoms with Gasteiger partial charge >= 0.3 is 22.4 Å². The fourth-order valence-electron chi connectivity index (χ4n) is 7.38. The number of rotatable bonds is 5. The first-order chi connectivity index (χ1) is 25.5. The number of nitrogens with zero attached hydrogens (tertiary/aromatic N) is 3. The quantitative estimate of drug-likeness (QED) is 0.374. The zero-order valence-corrected chi connectivity index (χ0v) is 32.4. The molecule has 1 aromatic carbocycles. The van der Waals surface area contributed by atoms with Crippen molar-refractivity contribution in [2.24, 2.45) is 5.92 Å². The largest absolute Gasteiger partial charge is 0.444 e. The standard InChI is InChI=1S/C36H49ClN6O10S/c1-35(2,3)53-33(47)38-28-10-8-6-4-5-7-9-25-19-36(25,32(46)40-54(49,50)42-13-15-51-16-14-42)39-30(44)29-18-27(22-43(29)31(28)45)52-34(48)41-20-23-11-12-26(37)17-24(23)21-41/h7,9,11-12,17,25,27-29H,4-6,8,10,13-16,18-22H2,1-3H3,(H,38,47)(H,39,44)(H,40,46)/b9-7+/t25-,27-,28+,29+,36-/m1/s1. The summed E-state index contributed by atoms with van der Waals surface area (Å²) in [5.74, 6) is -2.68. The van der Waals surface area contributed by atoms with Crippen LogP contribution in [0.1, 0.15) is 76.8 Å². The molecule has 0 radical (unpaired) electrons. The molecule has 1 aromatic rings. The molecule has 3 fully saturated rings. The van der Waals surface area contributed by atoms with Gasteiger partial charge in [0, 0.05) is 43.5 Å². The Hall–Kier alpha value is -3.93. The van der Waals surface area contributed by atoms with Crippen molar-refractivity contribution in [3.05, 3.63) is 46.5 Å². The Kier molecular flexibility index (Phi) is 11.8. The van der Waals surface area contributed by atoms with Gasteiger partial charge in [0.15, 0.2) is 0 Å². The first kappa shape index (κ1) is 39.8. The van der Waals surface area contributed by atoms with Crippen LogP contribution in [0, 0.1) is 5.92 Å². The van der Waals surface area contributed by atoms with Gasteiger partial charge in [0.2, 0.25) is 11.8 Å². The molecule has 6 rings (SSSR count). The predicted molar refractivity (Wildman–Crippen MR) is 195 cm³/mol. The molecule has 54 heavy (non-hydrogen) atoms. The lowest BCUT2D eigenvalue weighted by Crippen LogP contribution is -2.59. The second-order valence-electron chi connectivity index (χ2n) is 15.5. The highest BCUT2D eigenvalue weighted by Crippen LogP contribution is 2.46. The van der Waals surface area contributed by atoms with Crippen LogP contribution in [0.3, 0.4) is 0 Å². The van der Waals surface area contributed by atoms with Gasteiger partial charge in [-0.3, -0.25) is 19.3 Å². The van der Waals surface area contributed by atoms with Crippen molar-refractivity contribution >= 4 is 51.7 Å². The van der Waals surface area contributed by atoms with Crippen LogP contribution in [0.25, 0.3) is 0 Å². The number of carbonyl (C=O) groups is 5. The smallest absolute Gasteiger partial charge is 0.410 e. The van der Waals surface area contributed by atoms with E-state index in [-0.39, 0.29) is 58.7 Å². The average Bonchev–Trinajstić information content (AvgIpc) is 3.40. The number of ether oxygens (including phenoxy) is 3. The molecule has 4 heterocycles. The lowest BCUT2D eigenvalue weighted by atomic mass is 10.0. The lowest BCUT2D eigenvalue weighted by Gasteiger charge is -2.31. The van der Waals surface area contributed by atoms with Crippen LogP contribution in [-0.2, 0) is 51.9 Å². The number of benzene rings is 1. The van der Waals surface area contributed by atoms with Crippen LogP contribution >= 0.6 is 11.6 Å². The monoisotopic (exact) mass is 792 g/mol. The lowest BCUT2D eigenvalue weighted by molar-refractivity contribution is -0.141. The fourth-order valence-corrected chi connectivity index (χ4v) is 8.75. The van der Waals surface area contributed by atoms with E-state index in [4.69, 9.17) is 25.8 Å². The van der Waals surface area contributed by atoms with Crippen LogP contribution in [0.2, 0.25) is 5.02 Å². The summed E-state index contributed by atoms with van der Waals surface area (Å²) in [5.41, 5.74) is -0.627. The van der Waals surface area contributed by atoms with E-state index in [2.05, 4.69) is 15.4 Å². The predicted octanol–water partition coefficient (Wildman–Crippen LogP) is 2.74. The molecule has 0 bridgehead atoms. The number of hydrogen-bond donors (Lipinski definition) is 3. The molecule has 1 aliphatic carbocycles. The number of alkyl carbamates (subject to hydrolysis) is 1. The topological polar surface area (TPSA) is 193 Å². The molecular weight excluding hydrogens is 744 g/mol. The van der Waals surface area contributed by atoms with E-state index >= 15 is 0 Å². The number of amides is 5. The minimum atomic E-state index is -4.25. The number of morpholine rings is 1. The van der Waals surface area contributed by atoms with Gasteiger partial charge < -0.3 is 29.7 Å². The first-order valence-electron chi connectivity index (χ1n) is 18.5. The second kappa shape index (κ2) is 16.0. The van der Waals surface area contributed by atoms with E-state index in [9.17, 15) is 32.4 Å². The highest BCUT2D eigenvalue weighted by molar-refractivity contribution is 7.87. The summed E-state index contributed by atoms with van der Waals surface area (Å²) < 4.78 is 46.3. The Morgan fingerprint density at radius 3 is 2.54 bits per heavy atom. The van der Waals surface area contributed by atoms with Crippen LogP contribution in [-0.4, -0.2) is 115 Å². The van der Waals surface area contributed by atoms with Gasteiger partial charge in [-0.2, -0.15) is 12.7 Å². The van der Waals surface area contributed by atoms with Crippen molar-refractivity contribution in [3.63, 3.8) is 0 Å². The summed E-state index contributed by atoms with van der Waals surface area (Å²) in [6.45, 7) is 6.03. The molecule has 4 aliphatic heterocycles. The van der Waals surface area contributed by atoms with E-state index in [1.165, 1.54) is 9.80 Å². The molecule has 3 N–H and O–H groups in total. The number of nitrogens with one attached hydrogen (secondary N) is 3. The van der Waals surface area contributed by atoms with Crippen molar-refractivity contribution in [2.45, 2.75) is 108 Å². The maximum absolute atomic E-state index is 14.4. The second-order valence-corrected chi connectivity index (χ2v) is 17.6. The van der Waals surface area contributed by atoms with Crippen molar-refractivity contribution < 1.29 is 46.6 Å². The van der Waals surface area contributed by atoms with E-state index in [1.807, 2.05) is 18.2 Å². The Balaban J connectivity index is 1.25. The van der Waals surface area contributed by atoms with E-state index < -0.39 is 75.4 Å². The molecule has 2 saturated heterocycles. The summed E-state index contributed by atoms with van der Waals surface area (Å²) in [6, 6.07) is 3.10. The molecule has 296 valence electrons. The van der Waals surface area contributed by atoms with Crippen molar-refractivity contribution in [1.29, 1.82) is 0 Å². The average molecular weight is 793 g/mol. The summed E-state index contributed by atoms with van der Waals surface area (Å²) in [4.78, 5) is 71.7. The Labute approximate surface area is 320 Å². The Morgan fingerprint density at radius 1 is 1.06 bits per heavy atom. The zero-order valence-electron chi connectivity index (χ0n) is 30.8. The number of allylic oxidation sites excluding steroid dienone is 1. The summed E-state index contributed by atoms with van der Waals surface area (Å²) in [5, 5.41) is 6.04. The van der Waals surface area contributed by atoms with Gasteiger partial charge in [-0.05, 0) is 69.7 Å². The van der Waals surface area contributed by atoms with Gasteiger partial charge in [-0.1, -0.05) is 42.7 Å². The molecule has 0 spiro atoms.